The molecule has 0 aliphatic carbocycles. The number of aliphatic hydroxyl groups excluding tert-OH is 1. The van der Waals surface area contributed by atoms with Crippen molar-refractivity contribution in [3.8, 4) is 17.0 Å². The Kier molecular flexibility index (Phi) is 8.25. The Morgan fingerprint density at radius 1 is 1.02 bits per heavy atom. The minimum Gasteiger partial charge on any atom is -0.497 e. The minimum absolute atomic E-state index is 0.167. The lowest BCUT2D eigenvalue weighted by Crippen LogP contribution is -2.57. The molecule has 1 saturated heterocycles. The van der Waals surface area contributed by atoms with Crippen LogP contribution in [0.2, 0.25) is 0 Å². The van der Waals surface area contributed by atoms with Crippen LogP contribution in [0, 0.1) is 6.92 Å². The van der Waals surface area contributed by atoms with Crippen molar-refractivity contribution in [2.24, 2.45) is 0 Å². The van der Waals surface area contributed by atoms with Crippen molar-refractivity contribution >= 4 is 32.8 Å². The van der Waals surface area contributed by atoms with Gasteiger partial charge in [0, 0.05) is 31.4 Å². The Labute approximate surface area is 267 Å². The summed E-state index contributed by atoms with van der Waals surface area (Å²) >= 11 is 0. The quantitative estimate of drug-likeness (QED) is 0.275. The van der Waals surface area contributed by atoms with Crippen LogP contribution in [0.5, 0.6) is 5.75 Å². The summed E-state index contributed by atoms with van der Waals surface area (Å²) in [5.41, 5.74) is 3.42. The number of methoxy groups -OCH3 is 1. The number of aromatic nitrogens is 4. The van der Waals surface area contributed by atoms with Gasteiger partial charge in [0.2, 0.25) is 0 Å². The van der Waals surface area contributed by atoms with Gasteiger partial charge in [-0.3, -0.25) is 9.30 Å². The van der Waals surface area contributed by atoms with Crippen LogP contribution < -0.4 is 4.74 Å². The fourth-order valence-electron chi connectivity index (χ4n) is 5.75. The molecule has 12 nitrogen and oxygen atoms in total. The predicted octanol–water partition coefficient (Wildman–Crippen LogP) is 4.32. The molecule has 0 spiro atoms. The molecule has 1 aliphatic heterocycles. The van der Waals surface area contributed by atoms with E-state index < -0.39 is 27.8 Å². The van der Waals surface area contributed by atoms with Gasteiger partial charge in [-0.2, -0.15) is 0 Å². The van der Waals surface area contributed by atoms with Crippen molar-refractivity contribution in [3.63, 3.8) is 0 Å². The number of aryl methyl sites for hydroxylation is 1. The number of carbonyl (C=O) groups is 1. The average Bonchev–Trinajstić information content (AvgIpc) is 3.62. The highest BCUT2D eigenvalue weighted by molar-refractivity contribution is 7.90. The lowest BCUT2D eigenvalue weighted by atomic mass is 10.1. The topological polar surface area (TPSA) is 132 Å². The van der Waals surface area contributed by atoms with Gasteiger partial charge < -0.3 is 19.5 Å². The van der Waals surface area contributed by atoms with E-state index in [0.717, 1.165) is 11.1 Å². The van der Waals surface area contributed by atoms with Gasteiger partial charge in [-0.1, -0.05) is 17.7 Å². The highest BCUT2D eigenvalue weighted by Crippen LogP contribution is 2.31. The van der Waals surface area contributed by atoms with Gasteiger partial charge in [0.25, 0.3) is 10.0 Å². The molecule has 3 aromatic heterocycles. The first-order valence-corrected chi connectivity index (χ1v) is 16.5. The molecule has 1 amide bonds. The molecule has 2 aromatic carbocycles. The van der Waals surface area contributed by atoms with E-state index in [9.17, 15) is 18.3 Å². The molecule has 46 heavy (non-hydrogen) atoms. The second kappa shape index (κ2) is 12.0. The fraction of sp³-hybridized carbons (Fsp3) is 0.364. The van der Waals surface area contributed by atoms with Gasteiger partial charge in [-0.05, 0) is 70.2 Å². The molecule has 1 atom stereocenters. The zero-order chi connectivity index (χ0) is 32.8. The lowest BCUT2D eigenvalue weighted by Gasteiger charge is -2.40. The first-order chi connectivity index (χ1) is 21.9. The third-order valence-electron chi connectivity index (χ3n) is 8.05. The van der Waals surface area contributed by atoms with Crippen molar-refractivity contribution in [1.29, 1.82) is 0 Å². The zero-order valence-electron chi connectivity index (χ0n) is 26.5. The fourth-order valence-corrected chi connectivity index (χ4v) is 7.05. The summed E-state index contributed by atoms with van der Waals surface area (Å²) in [6, 6.07) is 15.6. The molecule has 13 heteroatoms. The number of imidazole rings is 1. The van der Waals surface area contributed by atoms with E-state index in [-0.39, 0.29) is 17.1 Å². The van der Waals surface area contributed by atoms with Crippen LogP contribution in [-0.2, 0) is 21.3 Å². The maximum absolute atomic E-state index is 13.7. The molecule has 0 saturated carbocycles. The number of amides is 1. The number of nitrogens with zero attached hydrogens (tertiary/aromatic N) is 6. The maximum atomic E-state index is 13.7. The van der Waals surface area contributed by atoms with Crippen LogP contribution in [-0.4, -0.2) is 92.8 Å². The Bertz CT molecular complexity index is 1990. The van der Waals surface area contributed by atoms with Crippen molar-refractivity contribution in [2.45, 2.75) is 50.8 Å². The molecule has 4 heterocycles. The predicted molar refractivity (Wildman–Crippen MR) is 173 cm³/mol. The largest absolute Gasteiger partial charge is 0.497 e. The van der Waals surface area contributed by atoms with Crippen LogP contribution in [0.4, 0.5) is 4.79 Å². The summed E-state index contributed by atoms with van der Waals surface area (Å²) in [6.07, 6.45) is 2.71. The molecule has 1 aliphatic rings. The second-order valence-electron chi connectivity index (χ2n) is 12.5. The van der Waals surface area contributed by atoms with E-state index in [1.807, 2.05) is 56.4 Å². The first kappa shape index (κ1) is 31.5. The number of carbonyl (C=O) groups excluding carboxylic acids is 1. The number of benzene rings is 2. The SMILES string of the molecule is COc1ccc(-c2nc(CN3CCN(C(=O)OC(C)(C)C)C(CO)C3)n3c2cnc2c3ccn2S(=O)(=O)c2ccc(C)cc2)cc1. The first-order valence-electron chi connectivity index (χ1n) is 15.1. The van der Waals surface area contributed by atoms with E-state index in [2.05, 4.69) is 9.88 Å². The highest BCUT2D eigenvalue weighted by Gasteiger charge is 2.34. The van der Waals surface area contributed by atoms with E-state index in [4.69, 9.17) is 14.5 Å². The monoisotopic (exact) mass is 646 g/mol. The molecule has 5 aromatic rings. The Morgan fingerprint density at radius 2 is 1.74 bits per heavy atom. The van der Waals surface area contributed by atoms with E-state index in [0.29, 0.717) is 54.5 Å². The van der Waals surface area contributed by atoms with Crippen LogP contribution >= 0.6 is 0 Å². The normalized spacial score (nSPS) is 16.3. The lowest BCUT2D eigenvalue weighted by molar-refractivity contribution is -0.0130. The van der Waals surface area contributed by atoms with Crippen molar-refractivity contribution in [1.82, 2.24) is 28.1 Å². The van der Waals surface area contributed by atoms with Crippen molar-refractivity contribution < 1.29 is 27.8 Å². The average molecular weight is 647 g/mol. The third kappa shape index (κ3) is 5.93. The highest BCUT2D eigenvalue weighted by atomic mass is 32.2. The van der Waals surface area contributed by atoms with Crippen LogP contribution in [0.3, 0.4) is 0 Å². The summed E-state index contributed by atoms with van der Waals surface area (Å²) in [4.78, 5) is 26.4. The number of piperazine rings is 1. The Morgan fingerprint density at radius 3 is 2.39 bits per heavy atom. The summed E-state index contributed by atoms with van der Waals surface area (Å²) in [7, 11) is -2.31. The standard InChI is InChI=1S/C33H38N6O6S/c1-22-6-12-26(13-7-22)46(42,43)38-15-14-27-31(38)34-18-28-30(23-8-10-25(44-5)11-9-23)35-29(39(27)28)20-36-16-17-37(24(19-36)21-40)32(41)45-33(2,3)4/h6-15,18,24,40H,16-17,19-21H2,1-5H3. The van der Waals surface area contributed by atoms with Gasteiger partial charge in [0.1, 0.15) is 17.2 Å². The number of hydrogen-bond acceptors (Lipinski definition) is 9. The van der Waals surface area contributed by atoms with Crippen molar-refractivity contribution in [3.05, 3.63) is 78.4 Å². The number of hydrogen-bond donors (Lipinski definition) is 1. The van der Waals surface area contributed by atoms with Gasteiger partial charge in [-0.25, -0.2) is 27.2 Å². The van der Waals surface area contributed by atoms with E-state index in [1.54, 1.807) is 48.5 Å². The van der Waals surface area contributed by atoms with E-state index >= 15 is 0 Å². The summed E-state index contributed by atoms with van der Waals surface area (Å²) in [5, 5.41) is 10.2. The van der Waals surface area contributed by atoms with E-state index in [1.165, 1.54) is 10.2 Å². The van der Waals surface area contributed by atoms with Crippen molar-refractivity contribution in [2.75, 3.05) is 33.4 Å². The number of aliphatic hydroxyl groups is 1. The molecule has 242 valence electrons. The number of ether oxygens (including phenoxy) is 2. The third-order valence-corrected chi connectivity index (χ3v) is 9.73. The van der Waals surface area contributed by atoms with Crippen LogP contribution in [0.15, 0.2) is 71.9 Å². The van der Waals surface area contributed by atoms with Gasteiger partial charge in [-0.15, -0.1) is 0 Å². The number of rotatable bonds is 7. The number of fused-ring (bicyclic) bond motifs is 3. The molecule has 1 N–H and O–H groups in total. The Hall–Kier alpha value is -4.46. The summed E-state index contributed by atoms with van der Waals surface area (Å²) in [6.45, 7) is 8.81. The summed E-state index contributed by atoms with van der Waals surface area (Å²) < 4.78 is 41.5. The maximum Gasteiger partial charge on any atom is 0.410 e. The molecule has 0 bridgehead atoms. The smallest absolute Gasteiger partial charge is 0.410 e. The van der Waals surface area contributed by atoms with Crippen LogP contribution in [0.25, 0.3) is 27.9 Å². The van der Waals surface area contributed by atoms with Crippen LogP contribution in [0.1, 0.15) is 32.2 Å². The van der Waals surface area contributed by atoms with Gasteiger partial charge in [0.05, 0.1) is 54.1 Å². The Balaban J connectivity index is 1.41. The molecular weight excluding hydrogens is 608 g/mol. The molecular formula is C33H38N6O6S. The molecule has 1 unspecified atom stereocenters. The van der Waals surface area contributed by atoms with Gasteiger partial charge >= 0.3 is 6.09 Å². The summed E-state index contributed by atoms with van der Waals surface area (Å²) in [5.74, 6) is 1.38. The molecule has 1 fully saturated rings. The zero-order valence-corrected chi connectivity index (χ0v) is 27.4. The second-order valence-corrected chi connectivity index (χ2v) is 14.3. The minimum atomic E-state index is -3.92. The molecule has 0 radical (unpaired) electrons. The van der Waals surface area contributed by atoms with Gasteiger partial charge in [0.15, 0.2) is 5.65 Å². The molecule has 6 rings (SSSR count).